The van der Waals surface area contributed by atoms with E-state index < -0.39 is 0 Å². The van der Waals surface area contributed by atoms with Crippen molar-refractivity contribution in [3.05, 3.63) is 64.7 Å². The fraction of sp³-hybridized carbons (Fsp3) is 0.391. The smallest absolute Gasteiger partial charge is 0.253 e. The molecule has 1 unspecified atom stereocenters. The number of benzene rings is 2. The van der Waals surface area contributed by atoms with Crippen LogP contribution in [-0.2, 0) is 0 Å². The molecular formula is C23H25ClN2O3. The lowest BCUT2D eigenvalue weighted by molar-refractivity contribution is 0.0633. The molecule has 1 heterocycles. The molecule has 2 aliphatic rings. The second kappa shape index (κ2) is 8.87. The summed E-state index contributed by atoms with van der Waals surface area (Å²) in [6.45, 7) is 1.95. The van der Waals surface area contributed by atoms with Crippen molar-refractivity contribution in [2.75, 3.05) is 19.7 Å². The average molecular weight is 413 g/mol. The Hall–Kier alpha value is -2.53. The van der Waals surface area contributed by atoms with Gasteiger partial charge in [-0.05, 0) is 68.1 Å². The SMILES string of the molecule is O=C(NC1CC1)c1cccc(OCC2CCCN(C(=O)c3ccc(Cl)cc3)C2)c1. The fourth-order valence-corrected chi connectivity index (χ4v) is 3.72. The lowest BCUT2D eigenvalue weighted by atomic mass is 9.98. The van der Waals surface area contributed by atoms with Crippen molar-refractivity contribution in [3.63, 3.8) is 0 Å². The Morgan fingerprint density at radius 1 is 1.07 bits per heavy atom. The molecule has 152 valence electrons. The van der Waals surface area contributed by atoms with Gasteiger partial charge in [-0.3, -0.25) is 9.59 Å². The number of amides is 2. The molecule has 2 aromatic rings. The number of halogens is 1. The molecule has 2 amide bonds. The van der Waals surface area contributed by atoms with Crippen molar-refractivity contribution in [2.24, 2.45) is 5.92 Å². The van der Waals surface area contributed by atoms with Gasteiger partial charge in [0, 0.05) is 41.2 Å². The highest BCUT2D eigenvalue weighted by Crippen LogP contribution is 2.23. The number of likely N-dealkylation sites (tertiary alicyclic amines) is 1. The summed E-state index contributed by atoms with van der Waals surface area (Å²) in [5.41, 5.74) is 1.28. The van der Waals surface area contributed by atoms with Crippen LogP contribution in [0.1, 0.15) is 46.4 Å². The van der Waals surface area contributed by atoms with Gasteiger partial charge < -0.3 is 15.0 Å². The number of ether oxygens (including phenoxy) is 1. The van der Waals surface area contributed by atoms with Gasteiger partial charge in [0.25, 0.3) is 11.8 Å². The number of carbonyl (C=O) groups is 2. The van der Waals surface area contributed by atoms with Crippen LogP contribution in [-0.4, -0.2) is 42.5 Å². The zero-order valence-electron chi connectivity index (χ0n) is 16.3. The Kier molecular flexibility index (Phi) is 6.05. The highest BCUT2D eigenvalue weighted by atomic mass is 35.5. The van der Waals surface area contributed by atoms with Crippen LogP contribution >= 0.6 is 11.6 Å². The van der Waals surface area contributed by atoms with Gasteiger partial charge in [0.1, 0.15) is 5.75 Å². The Morgan fingerprint density at radius 3 is 2.62 bits per heavy atom. The standard InChI is InChI=1S/C23H25ClN2O3/c24-19-8-6-17(7-9-19)23(28)26-12-2-3-16(14-26)15-29-21-5-1-4-18(13-21)22(27)25-20-10-11-20/h1,4-9,13,16,20H,2-3,10-12,14-15H2,(H,25,27). The molecule has 0 aromatic heterocycles. The summed E-state index contributed by atoms with van der Waals surface area (Å²) < 4.78 is 5.97. The third kappa shape index (κ3) is 5.30. The van der Waals surface area contributed by atoms with Crippen molar-refractivity contribution in [3.8, 4) is 5.75 Å². The Morgan fingerprint density at radius 2 is 1.86 bits per heavy atom. The molecule has 1 aliphatic carbocycles. The largest absolute Gasteiger partial charge is 0.493 e. The van der Waals surface area contributed by atoms with Gasteiger partial charge in [0.15, 0.2) is 0 Å². The normalized spacial score (nSPS) is 18.9. The molecule has 0 spiro atoms. The molecule has 1 saturated heterocycles. The summed E-state index contributed by atoms with van der Waals surface area (Å²) >= 11 is 5.92. The van der Waals surface area contributed by atoms with Gasteiger partial charge in [-0.15, -0.1) is 0 Å². The van der Waals surface area contributed by atoms with E-state index in [2.05, 4.69) is 5.32 Å². The first-order chi connectivity index (χ1) is 14.1. The third-order valence-electron chi connectivity index (χ3n) is 5.39. The number of nitrogens with zero attached hydrogens (tertiary/aromatic N) is 1. The van der Waals surface area contributed by atoms with Gasteiger partial charge >= 0.3 is 0 Å². The lowest BCUT2D eigenvalue weighted by Crippen LogP contribution is -2.41. The molecule has 29 heavy (non-hydrogen) atoms. The summed E-state index contributed by atoms with van der Waals surface area (Å²) in [5.74, 6) is 0.944. The Bertz CT molecular complexity index is 880. The highest BCUT2D eigenvalue weighted by Gasteiger charge is 2.26. The molecule has 0 radical (unpaired) electrons. The molecular weight excluding hydrogens is 388 g/mol. The number of hydrogen-bond acceptors (Lipinski definition) is 3. The van der Waals surface area contributed by atoms with Crippen LogP contribution in [0.2, 0.25) is 5.02 Å². The molecule has 6 heteroatoms. The maximum Gasteiger partial charge on any atom is 0.253 e. The summed E-state index contributed by atoms with van der Waals surface area (Å²) in [4.78, 5) is 26.8. The lowest BCUT2D eigenvalue weighted by Gasteiger charge is -2.32. The topological polar surface area (TPSA) is 58.6 Å². The zero-order valence-corrected chi connectivity index (χ0v) is 17.0. The summed E-state index contributed by atoms with van der Waals surface area (Å²) in [6.07, 6.45) is 4.10. The Labute approximate surface area is 176 Å². The summed E-state index contributed by atoms with van der Waals surface area (Å²) in [7, 11) is 0. The first-order valence-corrected chi connectivity index (χ1v) is 10.5. The van der Waals surface area contributed by atoms with Crippen molar-refractivity contribution < 1.29 is 14.3 Å². The first-order valence-electron chi connectivity index (χ1n) is 10.2. The van der Waals surface area contributed by atoms with Crippen LogP contribution < -0.4 is 10.1 Å². The van der Waals surface area contributed by atoms with Gasteiger partial charge in [-0.2, -0.15) is 0 Å². The zero-order chi connectivity index (χ0) is 20.2. The van der Waals surface area contributed by atoms with Gasteiger partial charge in [-0.1, -0.05) is 17.7 Å². The molecule has 5 nitrogen and oxygen atoms in total. The number of piperidine rings is 1. The van der Waals surface area contributed by atoms with Crippen LogP contribution in [0.5, 0.6) is 5.75 Å². The molecule has 0 bridgehead atoms. The van der Waals surface area contributed by atoms with E-state index in [0.717, 1.165) is 32.2 Å². The van der Waals surface area contributed by atoms with Crippen molar-refractivity contribution in [1.29, 1.82) is 0 Å². The van der Waals surface area contributed by atoms with Crippen molar-refractivity contribution >= 4 is 23.4 Å². The number of nitrogens with one attached hydrogen (secondary N) is 1. The van der Waals surface area contributed by atoms with E-state index in [1.165, 1.54) is 0 Å². The molecule has 1 aliphatic heterocycles. The number of hydrogen-bond donors (Lipinski definition) is 1. The molecule has 1 saturated carbocycles. The molecule has 2 aromatic carbocycles. The predicted octanol–water partition coefficient (Wildman–Crippen LogP) is 4.16. The van der Waals surface area contributed by atoms with Gasteiger partial charge in [0.2, 0.25) is 0 Å². The maximum atomic E-state index is 12.7. The molecule has 2 fully saturated rings. The molecule has 1 atom stereocenters. The second-order valence-electron chi connectivity index (χ2n) is 7.85. The quantitative estimate of drug-likeness (QED) is 0.774. The average Bonchev–Trinajstić information content (AvgIpc) is 3.57. The first kappa shape index (κ1) is 19.8. The van der Waals surface area contributed by atoms with E-state index >= 15 is 0 Å². The summed E-state index contributed by atoms with van der Waals surface area (Å²) in [5, 5.41) is 3.62. The van der Waals surface area contributed by atoms with Crippen LogP contribution in [0.4, 0.5) is 0 Å². The van der Waals surface area contributed by atoms with Crippen molar-refractivity contribution in [1.82, 2.24) is 10.2 Å². The predicted molar refractivity (Wildman–Crippen MR) is 113 cm³/mol. The maximum absolute atomic E-state index is 12.7. The van der Waals surface area contributed by atoms with E-state index in [-0.39, 0.29) is 17.7 Å². The highest BCUT2D eigenvalue weighted by molar-refractivity contribution is 6.30. The minimum absolute atomic E-state index is 0.0325. The van der Waals surface area contributed by atoms with Crippen LogP contribution in [0, 0.1) is 5.92 Å². The number of carbonyl (C=O) groups excluding carboxylic acids is 2. The summed E-state index contributed by atoms with van der Waals surface area (Å²) in [6, 6.07) is 14.7. The van der Waals surface area contributed by atoms with E-state index in [0.29, 0.717) is 41.1 Å². The van der Waals surface area contributed by atoms with E-state index in [1.807, 2.05) is 17.0 Å². The fourth-order valence-electron chi connectivity index (χ4n) is 3.60. The van der Waals surface area contributed by atoms with Crippen LogP contribution in [0.15, 0.2) is 48.5 Å². The van der Waals surface area contributed by atoms with Crippen LogP contribution in [0.3, 0.4) is 0 Å². The molecule has 1 N–H and O–H groups in total. The third-order valence-corrected chi connectivity index (χ3v) is 5.64. The number of rotatable bonds is 6. The van der Waals surface area contributed by atoms with E-state index in [9.17, 15) is 9.59 Å². The van der Waals surface area contributed by atoms with Gasteiger partial charge in [0.05, 0.1) is 6.61 Å². The minimum atomic E-state index is -0.0460. The molecule has 4 rings (SSSR count). The Balaban J connectivity index is 1.32. The second-order valence-corrected chi connectivity index (χ2v) is 8.29. The monoisotopic (exact) mass is 412 g/mol. The minimum Gasteiger partial charge on any atom is -0.493 e. The van der Waals surface area contributed by atoms with E-state index in [1.54, 1.807) is 36.4 Å². The van der Waals surface area contributed by atoms with Gasteiger partial charge in [-0.25, -0.2) is 0 Å². The van der Waals surface area contributed by atoms with E-state index in [4.69, 9.17) is 16.3 Å². The van der Waals surface area contributed by atoms with Crippen molar-refractivity contribution in [2.45, 2.75) is 31.7 Å². The van der Waals surface area contributed by atoms with Crippen LogP contribution in [0.25, 0.3) is 0 Å².